The van der Waals surface area contributed by atoms with E-state index in [1.54, 1.807) is 0 Å². The molecule has 1 saturated carbocycles. The molecule has 1 saturated heterocycles. The van der Waals surface area contributed by atoms with Crippen molar-refractivity contribution in [3.63, 3.8) is 0 Å². The Hall–Kier alpha value is 0.270. The molecule has 3 heteroatoms. The SMILES string of the molecule is CC1(C)CCSCC1NCCCOCC1CC1. The van der Waals surface area contributed by atoms with Crippen molar-refractivity contribution in [2.75, 3.05) is 31.3 Å². The number of thioether (sulfide) groups is 1. The zero-order valence-electron chi connectivity index (χ0n) is 11.3. The predicted molar refractivity (Wildman–Crippen MR) is 75.7 cm³/mol. The Morgan fingerprint density at radius 2 is 2.18 bits per heavy atom. The van der Waals surface area contributed by atoms with Crippen LogP contribution in [0.15, 0.2) is 0 Å². The lowest BCUT2D eigenvalue weighted by atomic mass is 9.82. The van der Waals surface area contributed by atoms with Crippen molar-refractivity contribution in [1.82, 2.24) is 5.32 Å². The van der Waals surface area contributed by atoms with Crippen molar-refractivity contribution < 1.29 is 4.74 Å². The molecule has 0 aromatic heterocycles. The summed E-state index contributed by atoms with van der Waals surface area (Å²) in [7, 11) is 0. The monoisotopic (exact) mass is 257 g/mol. The highest BCUT2D eigenvalue weighted by molar-refractivity contribution is 7.99. The molecular weight excluding hydrogens is 230 g/mol. The van der Waals surface area contributed by atoms with Gasteiger partial charge in [-0.1, -0.05) is 13.8 Å². The minimum atomic E-state index is 0.472. The van der Waals surface area contributed by atoms with Gasteiger partial charge in [-0.25, -0.2) is 0 Å². The van der Waals surface area contributed by atoms with Crippen LogP contribution in [0.4, 0.5) is 0 Å². The molecule has 2 rings (SSSR count). The topological polar surface area (TPSA) is 21.3 Å². The normalized spacial score (nSPS) is 28.2. The number of hydrogen-bond acceptors (Lipinski definition) is 3. The molecule has 1 heterocycles. The third-order valence-electron chi connectivity index (χ3n) is 4.03. The fourth-order valence-electron chi connectivity index (χ4n) is 2.26. The number of rotatable bonds is 7. The van der Waals surface area contributed by atoms with Crippen LogP contribution in [0.1, 0.15) is 39.5 Å². The van der Waals surface area contributed by atoms with Crippen molar-refractivity contribution >= 4 is 11.8 Å². The summed E-state index contributed by atoms with van der Waals surface area (Å²) < 4.78 is 5.65. The molecule has 100 valence electrons. The molecule has 0 radical (unpaired) electrons. The van der Waals surface area contributed by atoms with Crippen LogP contribution in [0.3, 0.4) is 0 Å². The average molecular weight is 257 g/mol. The van der Waals surface area contributed by atoms with E-state index < -0.39 is 0 Å². The first kappa shape index (κ1) is 13.7. The van der Waals surface area contributed by atoms with Crippen LogP contribution in [0.2, 0.25) is 0 Å². The van der Waals surface area contributed by atoms with Gasteiger partial charge in [-0.2, -0.15) is 11.8 Å². The first-order valence-electron chi connectivity index (χ1n) is 7.07. The van der Waals surface area contributed by atoms with Crippen LogP contribution >= 0.6 is 11.8 Å². The third kappa shape index (κ3) is 4.80. The molecule has 1 atom stereocenters. The van der Waals surface area contributed by atoms with Gasteiger partial charge in [0, 0.05) is 25.0 Å². The highest BCUT2D eigenvalue weighted by Crippen LogP contribution is 2.34. The molecule has 2 nitrogen and oxygen atoms in total. The van der Waals surface area contributed by atoms with Crippen molar-refractivity contribution in [1.29, 1.82) is 0 Å². The summed E-state index contributed by atoms with van der Waals surface area (Å²) in [5, 5.41) is 3.71. The van der Waals surface area contributed by atoms with Gasteiger partial charge in [0.2, 0.25) is 0 Å². The van der Waals surface area contributed by atoms with Crippen LogP contribution in [0.25, 0.3) is 0 Å². The maximum atomic E-state index is 5.65. The second-order valence-electron chi connectivity index (χ2n) is 6.19. The van der Waals surface area contributed by atoms with Gasteiger partial charge in [-0.15, -0.1) is 0 Å². The Labute approximate surface area is 110 Å². The molecule has 0 amide bonds. The second kappa shape index (κ2) is 6.44. The van der Waals surface area contributed by atoms with Gasteiger partial charge >= 0.3 is 0 Å². The van der Waals surface area contributed by atoms with E-state index >= 15 is 0 Å². The molecule has 1 N–H and O–H groups in total. The summed E-state index contributed by atoms with van der Waals surface area (Å²) in [4.78, 5) is 0. The van der Waals surface area contributed by atoms with Gasteiger partial charge < -0.3 is 10.1 Å². The molecule has 1 unspecified atom stereocenters. The number of hydrogen-bond donors (Lipinski definition) is 1. The van der Waals surface area contributed by atoms with Crippen molar-refractivity contribution in [2.24, 2.45) is 11.3 Å². The molecule has 17 heavy (non-hydrogen) atoms. The molecule has 2 aliphatic rings. The lowest BCUT2D eigenvalue weighted by Gasteiger charge is -2.38. The summed E-state index contributed by atoms with van der Waals surface area (Å²) in [5.41, 5.74) is 0.472. The first-order chi connectivity index (χ1) is 8.18. The van der Waals surface area contributed by atoms with Crippen molar-refractivity contribution in [2.45, 2.75) is 45.6 Å². The van der Waals surface area contributed by atoms with Crippen molar-refractivity contribution in [3.05, 3.63) is 0 Å². The van der Waals surface area contributed by atoms with Gasteiger partial charge in [0.1, 0.15) is 0 Å². The fraction of sp³-hybridized carbons (Fsp3) is 1.00. The van der Waals surface area contributed by atoms with Crippen LogP contribution in [-0.4, -0.2) is 37.3 Å². The van der Waals surface area contributed by atoms with Gasteiger partial charge in [0.25, 0.3) is 0 Å². The van der Waals surface area contributed by atoms with E-state index in [1.807, 2.05) is 0 Å². The summed E-state index contributed by atoms with van der Waals surface area (Å²) in [6.45, 7) is 7.84. The fourth-order valence-corrected chi connectivity index (χ4v) is 3.90. The Kier molecular flexibility index (Phi) is 5.19. The number of ether oxygens (including phenoxy) is 1. The maximum Gasteiger partial charge on any atom is 0.0494 e. The average Bonchev–Trinajstić information content (AvgIpc) is 3.08. The van der Waals surface area contributed by atoms with E-state index in [9.17, 15) is 0 Å². The van der Waals surface area contributed by atoms with Gasteiger partial charge in [0.05, 0.1) is 0 Å². The summed E-state index contributed by atoms with van der Waals surface area (Å²) >= 11 is 2.09. The van der Waals surface area contributed by atoms with E-state index in [-0.39, 0.29) is 0 Å². The Morgan fingerprint density at radius 3 is 2.88 bits per heavy atom. The molecule has 1 aliphatic heterocycles. The molecule has 0 aromatic rings. The Balaban J connectivity index is 1.51. The quantitative estimate of drug-likeness (QED) is 0.709. The number of nitrogens with one attached hydrogen (secondary N) is 1. The zero-order valence-corrected chi connectivity index (χ0v) is 12.2. The van der Waals surface area contributed by atoms with Gasteiger partial charge in [-0.05, 0) is 49.3 Å². The minimum Gasteiger partial charge on any atom is -0.381 e. The van der Waals surface area contributed by atoms with Crippen LogP contribution in [0.5, 0.6) is 0 Å². The van der Waals surface area contributed by atoms with Crippen LogP contribution in [-0.2, 0) is 4.74 Å². The zero-order chi connectivity index (χ0) is 12.1. The van der Waals surface area contributed by atoms with Crippen molar-refractivity contribution in [3.8, 4) is 0 Å². The molecule has 0 spiro atoms. The standard InChI is InChI=1S/C14H27NOS/c1-14(2)6-9-17-11-13(14)15-7-3-8-16-10-12-4-5-12/h12-13,15H,3-11H2,1-2H3. The lowest BCUT2D eigenvalue weighted by Crippen LogP contribution is -2.47. The highest BCUT2D eigenvalue weighted by atomic mass is 32.2. The van der Waals surface area contributed by atoms with E-state index in [2.05, 4.69) is 30.9 Å². The Morgan fingerprint density at radius 1 is 1.35 bits per heavy atom. The highest BCUT2D eigenvalue weighted by Gasteiger charge is 2.31. The molecular formula is C14H27NOS. The largest absolute Gasteiger partial charge is 0.381 e. The second-order valence-corrected chi connectivity index (χ2v) is 7.34. The molecule has 0 aromatic carbocycles. The Bertz CT molecular complexity index is 228. The lowest BCUT2D eigenvalue weighted by molar-refractivity contribution is 0.120. The van der Waals surface area contributed by atoms with E-state index in [0.29, 0.717) is 11.5 Å². The first-order valence-corrected chi connectivity index (χ1v) is 8.23. The summed E-state index contributed by atoms with van der Waals surface area (Å²) in [5.74, 6) is 3.50. The van der Waals surface area contributed by atoms with Crippen LogP contribution < -0.4 is 5.32 Å². The summed E-state index contributed by atoms with van der Waals surface area (Å²) in [6, 6.07) is 0.685. The van der Waals surface area contributed by atoms with Crippen LogP contribution in [0, 0.1) is 11.3 Å². The van der Waals surface area contributed by atoms with E-state index in [0.717, 1.165) is 32.1 Å². The molecule has 1 aliphatic carbocycles. The maximum absolute atomic E-state index is 5.65. The molecule has 0 bridgehead atoms. The molecule has 2 fully saturated rings. The van der Waals surface area contributed by atoms with Gasteiger partial charge in [0.15, 0.2) is 0 Å². The van der Waals surface area contributed by atoms with E-state index in [1.165, 1.54) is 30.8 Å². The predicted octanol–water partition coefficient (Wildman–Crippen LogP) is 2.92. The smallest absolute Gasteiger partial charge is 0.0494 e. The van der Waals surface area contributed by atoms with Gasteiger partial charge in [-0.3, -0.25) is 0 Å². The summed E-state index contributed by atoms with van der Waals surface area (Å²) in [6.07, 6.45) is 5.29. The minimum absolute atomic E-state index is 0.472. The van der Waals surface area contributed by atoms with E-state index in [4.69, 9.17) is 4.74 Å². The third-order valence-corrected chi connectivity index (χ3v) is 5.09.